The van der Waals surface area contributed by atoms with Gasteiger partial charge in [0.2, 0.25) is 5.91 Å². The van der Waals surface area contributed by atoms with Crippen molar-refractivity contribution >= 4 is 5.91 Å². The molecule has 1 heterocycles. The summed E-state index contributed by atoms with van der Waals surface area (Å²) in [5, 5.41) is 2.95. The second-order valence-electron chi connectivity index (χ2n) is 3.51. The van der Waals surface area contributed by atoms with Crippen LogP contribution < -0.4 is 5.32 Å². The zero-order valence-corrected chi connectivity index (χ0v) is 5.58. The summed E-state index contributed by atoms with van der Waals surface area (Å²) in [6.07, 6.45) is 5.68. The summed E-state index contributed by atoms with van der Waals surface area (Å²) in [6.45, 7) is 0. The van der Waals surface area contributed by atoms with E-state index >= 15 is 0 Å². The summed E-state index contributed by atoms with van der Waals surface area (Å²) in [4.78, 5) is 11.0. The molecule has 0 aromatic carbocycles. The summed E-state index contributed by atoms with van der Waals surface area (Å²) < 4.78 is 0. The van der Waals surface area contributed by atoms with Gasteiger partial charge in [-0.25, -0.2) is 0 Å². The summed E-state index contributed by atoms with van der Waals surface area (Å²) in [5.74, 6) is 1.90. The van der Waals surface area contributed by atoms with Crippen LogP contribution in [0.1, 0.15) is 6.42 Å². The molecule has 10 heavy (non-hydrogen) atoms. The molecule has 1 N–H and O–H groups in total. The van der Waals surface area contributed by atoms with Gasteiger partial charge in [0.25, 0.3) is 0 Å². The molecule has 52 valence electrons. The van der Waals surface area contributed by atoms with Gasteiger partial charge in [-0.1, -0.05) is 12.2 Å². The minimum Gasteiger partial charge on any atom is -0.352 e. The van der Waals surface area contributed by atoms with Crippen molar-refractivity contribution in [2.45, 2.75) is 12.5 Å². The Morgan fingerprint density at radius 1 is 1.40 bits per heavy atom. The first-order chi connectivity index (χ1) is 4.86. The average molecular weight is 135 g/mol. The number of hydrogen-bond acceptors (Lipinski definition) is 1. The monoisotopic (exact) mass is 135 g/mol. The lowest BCUT2D eigenvalue weighted by atomic mass is 9.82. The normalized spacial score (nSPS) is 54.2. The van der Waals surface area contributed by atoms with E-state index in [2.05, 4.69) is 17.5 Å². The molecule has 2 heteroatoms. The maximum atomic E-state index is 11.0. The molecule has 1 saturated carbocycles. The third-order valence-electron chi connectivity index (χ3n) is 3.07. The second-order valence-corrected chi connectivity index (χ2v) is 3.51. The van der Waals surface area contributed by atoms with Gasteiger partial charge in [0.1, 0.15) is 0 Å². The fraction of sp³-hybridized carbons (Fsp3) is 0.625. The fourth-order valence-corrected chi connectivity index (χ4v) is 2.54. The van der Waals surface area contributed by atoms with Crippen molar-refractivity contribution < 1.29 is 4.79 Å². The average Bonchev–Trinajstić information content (AvgIpc) is 2.40. The number of carbonyl (C=O) groups excluding carboxylic acids is 1. The van der Waals surface area contributed by atoms with E-state index in [1.54, 1.807) is 0 Å². The first kappa shape index (κ1) is 4.94. The smallest absolute Gasteiger partial charge is 0.226 e. The molecule has 2 bridgehead atoms. The summed E-state index contributed by atoms with van der Waals surface area (Å²) in [5.41, 5.74) is 0. The van der Waals surface area contributed by atoms with E-state index in [0.29, 0.717) is 23.8 Å². The number of fused-ring (bicyclic) bond motifs is 5. The van der Waals surface area contributed by atoms with Gasteiger partial charge in [-0.3, -0.25) is 4.79 Å². The van der Waals surface area contributed by atoms with Crippen LogP contribution in [0.5, 0.6) is 0 Å². The summed E-state index contributed by atoms with van der Waals surface area (Å²) in [7, 11) is 0. The zero-order chi connectivity index (χ0) is 6.72. The van der Waals surface area contributed by atoms with Crippen LogP contribution in [0.15, 0.2) is 12.2 Å². The summed E-state index contributed by atoms with van der Waals surface area (Å²) >= 11 is 0. The van der Waals surface area contributed by atoms with Crippen LogP contribution in [0, 0.1) is 17.8 Å². The van der Waals surface area contributed by atoms with Gasteiger partial charge in [-0.15, -0.1) is 0 Å². The van der Waals surface area contributed by atoms with E-state index < -0.39 is 0 Å². The van der Waals surface area contributed by atoms with E-state index in [1.807, 2.05) is 0 Å². The zero-order valence-electron chi connectivity index (χ0n) is 5.58. The van der Waals surface area contributed by atoms with Crippen LogP contribution in [0.4, 0.5) is 0 Å². The van der Waals surface area contributed by atoms with Crippen molar-refractivity contribution in [1.29, 1.82) is 0 Å². The molecule has 0 unspecified atom stereocenters. The molecule has 3 rings (SSSR count). The topological polar surface area (TPSA) is 29.1 Å². The number of hydrogen-bond donors (Lipinski definition) is 1. The SMILES string of the molecule is O=C1N[C@H]2[C@@H]1[C@H]1C=C[C@H]2C1. The lowest BCUT2D eigenvalue weighted by molar-refractivity contribution is -0.135. The molecule has 0 radical (unpaired) electrons. The van der Waals surface area contributed by atoms with Crippen molar-refractivity contribution in [2.24, 2.45) is 17.8 Å². The highest BCUT2D eigenvalue weighted by Crippen LogP contribution is 2.47. The first-order valence-corrected chi connectivity index (χ1v) is 3.85. The Morgan fingerprint density at radius 3 is 2.80 bits per heavy atom. The van der Waals surface area contributed by atoms with Gasteiger partial charge in [0.05, 0.1) is 5.92 Å². The Balaban J connectivity index is 2.03. The van der Waals surface area contributed by atoms with Crippen LogP contribution in [-0.4, -0.2) is 11.9 Å². The lowest BCUT2D eigenvalue weighted by Crippen LogP contribution is -2.59. The Labute approximate surface area is 59.3 Å². The van der Waals surface area contributed by atoms with Crippen LogP contribution in [0.25, 0.3) is 0 Å². The number of allylic oxidation sites excluding steroid dienone is 1. The molecular formula is C8H9NO. The highest BCUT2D eigenvalue weighted by Gasteiger charge is 2.54. The van der Waals surface area contributed by atoms with Gasteiger partial charge in [-0.05, 0) is 18.3 Å². The summed E-state index contributed by atoms with van der Waals surface area (Å²) in [6, 6.07) is 0.516. The number of carbonyl (C=O) groups is 1. The van der Waals surface area contributed by atoms with Crippen molar-refractivity contribution in [2.75, 3.05) is 0 Å². The van der Waals surface area contributed by atoms with E-state index in [-0.39, 0.29) is 5.91 Å². The van der Waals surface area contributed by atoms with Gasteiger partial charge in [-0.2, -0.15) is 0 Å². The van der Waals surface area contributed by atoms with Crippen molar-refractivity contribution in [3.63, 3.8) is 0 Å². The van der Waals surface area contributed by atoms with E-state index in [9.17, 15) is 4.79 Å². The highest BCUT2D eigenvalue weighted by atomic mass is 16.2. The minimum absolute atomic E-state index is 0.279. The predicted octanol–water partition coefficient (Wildman–Crippen LogP) is 0.307. The molecule has 0 spiro atoms. The van der Waals surface area contributed by atoms with Gasteiger partial charge < -0.3 is 5.32 Å². The number of amides is 1. The Bertz CT molecular complexity index is 233. The minimum atomic E-state index is 0.279. The van der Waals surface area contributed by atoms with Crippen LogP contribution in [-0.2, 0) is 4.79 Å². The Morgan fingerprint density at radius 2 is 2.20 bits per heavy atom. The van der Waals surface area contributed by atoms with E-state index in [0.717, 1.165) is 0 Å². The molecule has 3 aliphatic rings. The third-order valence-corrected chi connectivity index (χ3v) is 3.07. The predicted molar refractivity (Wildman–Crippen MR) is 36.2 cm³/mol. The van der Waals surface area contributed by atoms with Crippen LogP contribution >= 0.6 is 0 Å². The molecule has 4 atom stereocenters. The fourth-order valence-electron chi connectivity index (χ4n) is 2.54. The standard InChI is InChI=1S/C8H9NO/c10-8-6-4-1-2-5(3-4)7(6)9-8/h1-2,4-7H,3H2,(H,9,10)/t4-,5-,6-,7+/m0/s1. The Kier molecular flexibility index (Phi) is 0.636. The third kappa shape index (κ3) is 0.349. The van der Waals surface area contributed by atoms with E-state index in [1.165, 1.54) is 6.42 Å². The molecule has 1 amide bonds. The quantitative estimate of drug-likeness (QED) is 0.376. The largest absolute Gasteiger partial charge is 0.352 e. The maximum Gasteiger partial charge on any atom is 0.226 e. The lowest BCUT2D eigenvalue weighted by Gasteiger charge is -2.37. The molecule has 2 fully saturated rings. The van der Waals surface area contributed by atoms with Crippen molar-refractivity contribution in [1.82, 2.24) is 5.32 Å². The molecule has 1 aliphatic heterocycles. The molecule has 0 aromatic heterocycles. The second kappa shape index (κ2) is 1.29. The highest BCUT2D eigenvalue weighted by molar-refractivity contribution is 5.87. The molecule has 0 aromatic rings. The van der Waals surface area contributed by atoms with Gasteiger partial charge in [0.15, 0.2) is 0 Å². The number of β-lactam (4-membered cyclic amide) rings is 1. The molecule has 2 aliphatic carbocycles. The van der Waals surface area contributed by atoms with Gasteiger partial charge in [0, 0.05) is 6.04 Å². The maximum absolute atomic E-state index is 11.0. The van der Waals surface area contributed by atoms with Crippen LogP contribution in [0.3, 0.4) is 0 Å². The Hall–Kier alpha value is -0.790. The molecule has 2 nitrogen and oxygen atoms in total. The van der Waals surface area contributed by atoms with Gasteiger partial charge >= 0.3 is 0 Å². The first-order valence-electron chi connectivity index (χ1n) is 3.85. The number of rotatable bonds is 0. The number of nitrogens with one attached hydrogen (secondary N) is 1. The van der Waals surface area contributed by atoms with Crippen molar-refractivity contribution in [3.8, 4) is 0 Å². The van der Waals surface area contributed by atoms with Crippen molar-refractivity contribution in [3.05, 3.63) is 12.2 Å². The molecular weight excluding hydrogens is 126 g/mol. The van der Waals surface area contributed by atoms with E-state index in [4.69, 9.17) is 0 Å². The molecule has 1 saturated heterocycles. The van der Waals surface area contributed by atoms with Crippen LogP contribution in [0.2, 0.25) is 0 Å².